The Kier molecular flexibility index (Phi) is 7.92. The van der Waals surface area contributed by atoms with E-state index in [9.17, 15) is 14.0 Å². The van der Waals surface area contributed by atoms with Crippen molar-refractivity contribution in [2.45, 2.75) is 31.2 Å². The van der Waals surface area contributed by atoms with Gasteiger partial charge in [0.2, 0.25) is 0 Å². The first kappa shape index (κ1) is 24.6. The van der Waals surface area contributed by atoms with Gasteiger partial charge in [0.15, 0.2) is 0 Å². The van der Waals surface area contributed by atoms with Gasteiger partial charge in [-0.3, -0.25) is 14.9 Å². The van der Waals surface area contributed by atoms with Crippen molar-refractivity contribution < 1.29 is 28.2 Å². The van der Waals surface area contributed by atoms with Crippen molar-refractivity contribution in [2.24, 2.45) is 0 Å². The van der Waals surface area contributed by atoms with Crippen LogP contribution in [0.4, 0.5) is 9.18 Å². The summed E-state index contributed by atoms with van der Waals surface area (Å²) >= 11 is 0.331. The standard InChI is InChI=1S/C27H26FNO5S/c1-2-7-19-10-13-23(34-22-8-4-3-5-9-22)18-24(19)33-17-6-16-32-21-14-11-20(12-15-21)27(28)25(30)29-26(31)35-27/h3-5,8-15,18H,2,6-7,16-17H2,1H3,(H,29,30,31). The molecule has 0 bridgehead atoms. The maximum atomic E-state index is 14.8. The second-order valence-electron chi connectivity index (χ2n) is 7.95. The van der Waals surface area contributed by atoms with Gasteiger partial charge in [-0.15, -0.1) is 0 Å². The Hall–Kier alpha value is -3.52. The van der Waals surface area contributed by atoms with Crippen molar-refractivity contribution in [3.05, 3.63) is 83.9 Å². The number of nitrogens with one attached hydrogen (secondary N) is 1. The number of para-hydroxylation sites is 1. The van der Waals surface area contributed by atoms with Crippen molar-refractivity contribution in [3.63, 3.8) is 0 Å². The third-order valence-electron chi connectivity index (χ3n) is 5.32. The molecule has 0 aromatic heterocycles. The highest BCUT2D eigenvalue weighted by Gasteiger charge is 2.50. The zero-order chi connectivity index (χ0) is 24.7. The van der Waals surface area contributed by atoms with Crippen LogP contribution in [0.25, 0.3) is 0 Å². The van der Waals surface area contributed by atoms with Gasteiger partial charge in [0.05, 0.1) is 13.2 Å². The van der Waals surface area contributed by atoms with Crippen LogP contribution in [0.3, 0.4) is 0 Å². The van der Waals surface area contributed by atoms with Crippen LogP contribution in [0, 0.1) is 0 Å². The van der Waals surface area contributed by atoms with Gasteiger partial charge in [-0.05, 0) is 54.1 Å². The highest BCUT2D eigenvalue weighted by atomic mass is 32.2. The van der Waals surface area contributed by atoms with Gasteiger partial charge >= 0.3 is 0 Å². The molecule has 2 amide bonds. The Morgan fingerprint density at radius 2 is 1.60 bits per heavy atom. The summed E-state index contributed by atoms with van der Waals surface area (Å²) in [5.41, 5.74) is 1.22. The van der Waals surface area contributed by atoms with E-state index in [1.807, 2.05) is 53.8 Å². The molecule has 35 heavy (non-hydrogen) atoms. The molecule has 1 saturated heterocycles. The number of ether oxygens (including phenoxy) is 3. The minimum Gasteiger partial charge on any atom is -0.493 e. The number of rotatable bonds is 11. The lowest BCUT2D eigenvalue weighted by atomic mass is 10.1. The predicted octanol–water partition coefficient (Wildman–Crippen LogP) is 6.38. The Morgan fingerprint density at radius 3 is 2.29 bits per heavy atom. The number of hydrogen-bond acceptors (Lipinski definition) is 6. The van der Waals surface area contributed by atoms with Crippen LogP contribution < -0.4 is 19.5 Å². The molecule has 4 rings (SSSR count). The number of alkyl halides is 1. The molecule has 182 valence electrons. The third-order valence-corrected chi connectivity index (χ3v) is 6.31. The summed E-state index contributed by atoms with van der Waals surface area (Å²) in [6, 6.07) is 21.5. The Labute approximate surface area is 207 Å². The molecular formula is C27H26FNO5S. The smallest absolute Gasteiger partial charge is 0.289 e. The minimum absolute atomic E-state index is 0.0996. The van der Waals surface area contributed by atoms with Crippen molar-refractivity contribution in [1.29, 1.82) is 0 Å². The lowest BCUT2D eigenvalue weighted by molar-refractivity contribution is -0.126. The van der Waals surface area contributed by atoms with E-state index in [1.54, 1.807) is 12.1 Å². The fourth-order valence-electron chi connectivity index (χ4n) is 3.59. The SMILES string of the molecule is CCCc1ccc(Oc2ccccc2)cc1OCCCOc1ccc(C2(F)SC(=O)NC2=O)cc1. The number of aryl methyl sites for hydroxylation is 1. The summed E-state index contributed by atoms with van der Waals surface area (Å²) in [5.74, 6) is 1.85. The predicted molar refractivity (Wildman–Crippen MR) is 133 cm³/mol. The lowest BCUT2D eigenvalue weighted by Gasteiger charge is -2.15. The Morgan fingerprint density at radius 1 is 0.886 bits per heavy atom. The summed E-state index contributed by atoms with van der Waals surface area (Å²) in [5, 5.41) is -1.13. The van der Waals surface area contributed by atoms with Crippen LogP contribution >= 0.6 is 11.8 Å². The maximum absolute atomic E-state index is 14.8. The topological polar surface area (TPSA) is 73.9 Å². The molecule has 0 aliphatic carbocycles. The molecule has 1 heterocycles. The van der Waals surface area contributed by atoms with E-state index in [0.29, 0.717) is 42.9 Å². The van der Waals surface area contributed by atoms with Crippen molar-refractivity contribution in [2.75, 3.05) is 13.2 Å². The second-order valence-corrected chi connectivity index (χ2v) is 9.09. The van der Waals surface area contributed by atoms with Crippen molar-refractivity contribution in [3.8, 4) is 23.0 Å². The molecule has 0 spiro atoms. The van der Waals surface area contributed by atoms with Crippen LogP contribution in [0.2, 0.25) is 0 Å². The summed E-state index contributed by atoms with van der Waals surface area (Å²) in [6.07, 6.45) is 2.54. The average molecular weight is 496 g/mol. The largest absolute Gasteiger partial charge is 0.493 e. The van der Waals surface area contributed by atoms with E-state index < -0.39 is 16.1 Å². The summed E-state index contributed by atoms with van der Waals surface area (Å²) in [4.78, 5) is 23.1. The fraction of sp³-hybridized carbons (Fsp3) is 0.259. The summed E-state index contributed by atoms with van der Waals surface area (Å²) < 4.78 is 32.5. The van der Waals surface area contributed by atoms with E-state index in [2.05, 4.69) is 6.92 Å². The number of amides is 2. The van der Waals surface area contributed by atoms with E-state index in [4.69, 9.17) is 14.2 Å². The average Bonchev–Trinajstić information content (AvgIpc) is 3.13. The third kappa shape index (κ3) is 6.14. The van der Waals surface area contributed by atoms with E-state index in [-0.39, 0.29) is 5.56 Å². The van der Waals surface area contributed by atoms with Gasteiger partial charge in [0.25, 0.3) is 16.1 Å². The Bertz CT molecular complexity index is 1170. The first-order chi connectivity index (χ1) is 17.0. The van der Waals surface area contributed by atoms with Crippen LogP contribution in [0.15, 0.2) is 72.8 Å². The summed E-state index contributed by atoms with van der Waals surface area (Å²) in [6.45, 7) is 2.98. The zero-order valence-electron chi connectivity index (χ0n) is 19.3. The first-order valence-electron chi connectivity index (χ1n) is 11.4. The molecule has 1 N–H and O–H groups in total. The van der Waals surface area contributed by atoms with E-state index >= 15 is 0 Å². The monoisotopic (exact) mass is 495 g/mol. The molecule has 3 aromatic carbocycles. The highest BCUT2D eigenvalue weighted by molar-refractivity contribution is 8.15. The number of hydrogen-bond donors (Lipinski definition) is 1. The van der Waals surface area contributed by atoms with Crippen LogP contribution in [0.5, 0.6) is 23.0 Å². The fourth-order valence-corrected chi connectivity index (χ4v) is 4.39. The molecule has 1 atom stereocenters. The van der Waals surface area contributed by atoms with Gasteiger partial charge < -0.3 is 14.2 Å². The molecule has 1 fully saturated rings. The number of benzene rings is 3. The normalized spacial score (nSPS) is 17.2. The van der Waals surface area contributed by atoms with Crippen molar-refractivity contribution >= 4 is 22.9 Å². The van der Waals surface area contributed by atoms with E-state index in [1.165, 1.54) is 12.1 Å². The van der Waals surface area contributed by atoms with Gasteiger partial charge in [0, 0.05) is 18.1 Å². The molecule has 6 nitrogen and oxygen atoms in total. The first-order valence-corrected chi connectivity index (χ1v) is 12.2. The van der Waals surface area contributed by atoms with Gasteiger partial charge in [-0.25, -0.2) is 4.39 Å². The number of carbonyl (C=O) groups is 2. The zero-order valence-corrected chi connectivity index (χ0v) is 20.1. The number of halogens is 1. The molecular weight excluding hydrogens is 469 g/mol. The maximum Gasteiger partial charge on any atom is 0.289 e. The number of imide groups is 1. The van der Waals surface area contributed by atoms with Crippen LogP contribution in [-0.2, 0) is 16.2 Å². The Balaban J connectivity index is 1.28. The molecule has 3 aromatic rings. The lowest BCUT2D eigenvalue weighted by Crippen LogP contribution is -2.30. The molecule has 1 aliphatic heterocycles. The summed E-state index contributed by atoms with van der Waals surface area (Å²) in [7, 11) is 0. The highest BCUT2D eigenvalue weighted by Crippen LogP contribution is 2.43. The van der Waals surface area contributed by atoms with Gasteiger partial charge in [-0.1, -0.05) is 49.7 Å². The minimum atomic E-state index is -2.40. The van der Waals surface area contributed by atoms with Gasteiger partial charge in [-0.2, -0.15) is 0 Å². The van der Waals surface area contributed by atoms with Crippen LogP contribution in [0.1, 0.15) is 30.9 Å². The van der Waals surface area contributed by atoms with Crippen LogP contribution in [-0.4, -0.2) is 24.4 Å². The number of carbonyl (C=O) groups excluding carboxylic acids is 2. The van der Waals surface area contributed by atoms with Crippen molar-refractivity contribution in [1.82, 2.24) is 5.32 Å². The molecule has 1 unspecified atom stereocenters. The molecule has 0 radical (unpaired) electrons. The van der Waals surface area contributed by atoms with Gasteiger partial charge in [0.1, 0.15) is 23.0 Å². The molecule has 1 aliphatic rings. The number of thioether (sulfide) groups is 1. The second kappa shape index (κ2) is 11.3. The van der Waals surface area contributed by atoms with E-state index in [0.717, 1.165) is 29.9 Å². The molecule has 8 heteroatoms. The molecule has 0 saturated carbocycles. The quantitative estimate of drug-likeness (QED) is 0.311.